The quantitative estimate of drug-likeness (QED) is 0.612. The SMILES string of the molecule is CCCCNC[C@H](C(C)C)N(C)C. The van der Waals surface area contributed by atoms with Crippen LogP contribution in [0.25, 0.3) is 0 Å². The van der Waals surface area contributed by atoms with Gasteiger partial charge in [0, 0.05) is 12.6 Å². The number of hydrogen-bond donors (Lipinski definition) is 1. The van der Waals surface area contributed by atoms with Gasteiger partial charge in [-0.25, -0.2) is 0 Å². The van der Waals surface area contributed by atoms with Gasteiger partial charge in [-0.1, -0.05) is 27.2 Å². The number of likely N-dealkylation sites (N-methyl/N-ethyl adjacent to an activating group) is 1. The lowest BCUT2D eigenvalue weighted by atomic mass is 10.0. The van der Waals surface area contributed by atoms with Gasteiger partial charge in [0.25, 0.3) is 0 Å². The van der Waals surface area contributed by atoms with E-state index in [2.05, 4.69) is 45.1 Å². The van der Waals surface area contributed by atoms with Gasteiger partial charge in [0.15, 0.2) is 0 Å². The summed E-state index contributed by atoms with van der Waals surface area (Å²) < 4.78 is 0. The number of nitrogens with zero attached hydrogens (tertiary/aromatic N) is 1. The Morgan fingerprint density at radius 2 is 1.85 bits per heavy atom. The molecule has 0 aromatic rings. The zero-order valence-electron chi connectivity index (χ0n) is 9.93. The number of hydrogen-bond acceptors (Lipinski definition) is 2. The summed E-state index contributed by atoms with van der Waals surface area (Å²) in [6, 6.07) is 0.664. The van der Waals surface area contributed by atoms with Crippen LogP contribution in [0.3, 0.4) is 0 Å². The largest absolute Gasteiger partial charge is 0.315 e. The maximum Gasteiger partial charge on any atom is 0.0237 e. The smallest absolute Gasteiger partial charge is 0.0237 e. The van der Waals surface area contributed by atoms with Crippen molar-refractivity contribution in [3.05, 3.63) is 0 Å². The first-order valence-corrected chi connectivity index (χ1v) is 5.46. The molecule has 0 aromatic heterocycles. The second-order valence-electron chi connectivity index (χ2n) is 4.33. The van der Waals surface area contributed by atoms with Crippen molar-refractivity contribution >= 4 is 0 Å². The summed E-state index contributed by atoms with van der Waals surface area (Å²) in [5.41, 5.74) is 0. The molecule has 0 rings (SSSR count). The molecule has 0 aliphatic heterocycles. The first kappa shape index (κ1) is 12.9. The van der Waals surface area contributed by atoms with E-state index in [0.29, 0.717) is 6.04 Å². The highest BCUT2D eigenvalue weighted by atomic mass is 15.1. The fourth-order valence-corrected chi connectivity index (χ4v) is 1.57. The van der Waals surface area contributed by atoms with Crippen LogP contribution in [0.4, 0.5) is 0 Å². The van der Waals surface area contributed by atoms with Crippen molar-refractivity contribution in [2.75, 3.05) is 27.2 Å². The highest BCUT2D eigenvalue weighted by molar-refractivity contribution is 4.72. The highest BCUT2D eigenvalue weighted by Gasteiger charge is 2.14. The molecule has 0 saturated carbocycles. The zero-order valence-corrected chi connectivity index (χ0v) is 9.93. The van der Waals surface area contributed by atoms with Crippen LogP contribution < -0.4 is 5.32 Å². The van der Waals surface area contributed by atoms with E-state index >= 15 is 0 Å². The van der Waals surface area contributed by atoms with Gasteiger partial charge in [0.1, 0.15) is 0 Å². The molecule has 0 radical (unpaired) electrons. The van der Waals surface area contributed by atoms with Gasteiger partial charge in [0.05, 0.1) is 0 Å². The van der Waals surface area contributed by atoms with E-state index in [0.717, 1.165) is 19.0 Å². The fourth-order valence-electron chi connectivity index (χ4n) is 1.57. The van der Waals surface area contributed by atoms with Gasteiger partial charge in [-0.3, -0.25) is 0 Å². The van der Waals surface area contributed by atoms with E-state index in [1.165, 1.54) is 12.8 Å². The third-order valence-electron chi connectivity index (χ3n) is 2.49. The van der Waals surface area contributed by atoms with E-state index in [1.54, 1.807) is 0 Å². The van der Waals surface area contributed by atoms with Crippen molar-refractivity contribution < 1.29 is 0 Å². The van der Waals surface area contributed by atoms with Gasteiger partial charge in [-0.2, -0.15) is 0 Å². The Bertz CT molecular complexity index is 103. The summed E-state index contributed by atoms with van der Waals surface area (Å²) in [6.45, 7) is 9.07. The van der Waals surface area contributed by atoms with Crippen LogP contribution in [0.15, 0.2) is 0 Å². The predicted molar refractivity (Wildman–Crippen MR) is 60.1 cm³/mol. The van der Waals surface area contributed by atoms with E-state index < -0.39 is 0 Å². The number of rotatable bonds is 7. The van der Waals surface area contributed by atoms with E-state index in [9.17, 15) is 0 Å². The molecule has 0 spiro atoms. The minimum Gasteiger partial charge on any atom is -0.315 e. The van der Waals surface area contributed by atoms with Gasteiger partial charge >= 0.3 is 0 Å². The standard InChI is InChI=1S/C11H26N2/c1-6-7-8-12-9-11(10(2)3)13(4)5/h10-12H,6-9H2,1-5H3/t11-/m1/s1. The summed E-state index contributed by atoms with van der Waals surface area (Å²) in [5, 5.41) is 3.51. The molecule has 2 nitrogen and oxygen atoms in total. The first-order valence-electron chi connectivity index (χ1n) is 5.46. The summed E-state index contributed by atoms with van der Waals surface area (Å²) in [6.07, 6.45) is 2.57. The minimum absolute atomic E-state index is 0.664. The van der Waals surface area contributed by atoms with Gasteiger partial charge in [-0.05, 0) is 33.0 Å². The first-order chi connectivity index (χ1) is 6.09. The summed E-state index contributed by atoms with van der Waals surface area (Å²) in [7, 11) is 4.32. The van der Waals surface area contributed by atoms with Crippen LogP contribution in [-0.2, 0) is 0 Å². The molecule has 0 amide bonds. The molecule has 0 aromatic carbocycles. The van der Waals surface area contributed by atoms with Crippen LogP contribution in [0.1, 0.15) is 33.6 Å². The second-order valence-corrected chi connectivity index (χ2v) is 4.33. The summed E-state index contributed by atoms with van der Waals surface area (Å²) in [5.74, 6) is 0.726. The molecule has 0 fully saturated rings. The third-order valence-corrected chi connectivity index (χ3v) is 2.49. The topological polar surface area (TPSA) is 15.3 Å². The van der Waals surface area contributed by atoms with Gasteiger partial charge in [0.2, 0.25) is 0 Å². The molecule has 0 saturated heterocycles. The average Bonchev–Trinajstić information content (AvgIpc) is 2.02. The van der Waals surface area contributed by atoms with E-state index in [4.69, 9.17) is 0 Å². The van der Waals surface area contributed by atoms with E-state index in [-0.39, 0.29) is 0 Å². The molecule has 0 aliphatic carbocycles. The molecule has 13 heavy (non-hydrogen) atoms. The second kappa shape index (κ2) is 7.34. The van der Waals surface area contributed by atoms with Gasteiger partial charge < -0.3 is 10.2 Å². The maximum atomic E-state index is 3.51. The van der Waals surface area contributed by atoms with Crippen LogP contribution in [-0.4, -0.2) is 38.1 Å². The van der Waals surface area contributed by atoms with Crippen molar-refractivity contribution in [3.8, 4) is 0 Å². The van der Waals surface area contributed by atoms with Crippen molar-refractivity contribution in [3.63, 3.8) is 0 Å². The molecule has 0 unspecified atom stereocenters. The maximum absolute atomic E-state index is 3.51. The Labute approximate surface area is 83.7 Å². The predicted octanol–water partition coefficient (Wildman–Crippen LogP) is 1.96. The third kappa shape index (κ3) is 6.05. The van der Waals surface area contributed by atoms with Crippen molar-refractivity contribution in [2.45, 2.75) is 39.7 Å². The summed E-state index contributed by atoms with van der Waals surface area (Å²) >= 11 is 0. The van der Waals surface area contributed by atoms with E-state index in [1.807, 2.05) is 0 Å². The number of unbranched alkanes of at least 4 members (excludes halogenated alkanes) is 1. The Hall–Kier alpha value is -0.0800. The molecule has 0 heterocycles. The Morgan fingerprint density at radius 1 is 1.23 bits per heavy atom. The number of nitrogens with one attached hydrogen (secondary N) is 1. The van der Waals surface area contributed by atoms with Crippen LogP contribution in [0, 0.1) is 5.92 Å². The van der Waals surface area contributed by atoms with Crippen molar-refractivity contribution in [1.29, 1.82) is 0 Å². The Balaban J connectivity index is 3.58. The monoisotopic (exact) mass is 186 g/mol. The Kier molecular flexibility index (Phi) is 7.29. The van der Waals surface area contributed by atoms with Crippen LogP contribution >= 0.6 is 0 Å². The van der Waals surface area contributed by atoms with Crippen molar-refractivity contribution in [2.24, 2.45) is 5.92 Å². The molecule has 1 atom stereocenters. The molecule has 80 valence electrons. The molecule has 1 N–H and O–H groups in total. The van der Waals surface area contributed by atoms with Crippen molar-refractivity contribution in [1.82, 2.24) is 10.2 Å². The lowest BCUT2D eigenvalue weighted by molar-refractivity contribution is 0.224. The highest BCUT2D eigenvalue weighted by Crippen LogP contribution is 2.05. The molecule has 0 bridgehead atoms. The minimum atomic E-state index is 0.664. The normalized spacial score (nSPS) is 14.1. The fraction of sp³-hybridized carbons (Fsp3) is 1.00. The lowest BCUT2D eigenvalue weighted by Gasteiger charge is -2.28. The van der Waals surface area contributed by atoms with Crippen LogP contribution in [0.5, 0.6) is 0 Å². The average molecular weight is 186 g/mol. The molecular weight excluding hydrogens is 160 g/mol. The molecule has 0 aliphatic rings. The van der Waals surface area contributed by atoms with Gasteiger partial charge in [-0.15, -0.1) is 0 Å². The molecule has 2 heteroatoms. The zero-order chi connectivity index (χ0) is 10.3. The summed E-state index contributed by atoms with van der Waals surface area (Å²) in [4.78, 5) is 2.31. The lowest BCUT2D eigenvalue weighted by Crippen LogP contribution is -2.41. The molecular formula is C11H26N2. The van der Waals surface area contributed by atoms with Crippen LogP contribution in [0.2, 0.25) is 0 Å². The Morgan fingerprint density at radius 3 is 2.23 bits per heavy atom.